The molecule has 0 fully saturated rings. The Morgan fingerprint density at radius 1 is 0.608 bits per heavy atom. The Morgan fingerprint density at radius 3 is 1.57 bits per heavy atom. The van der Waals surface area contributed by atoms with Crippen LogP contribution in [0, 0.1) is 0 Å². The number of ether oxygens (including phenoxy) is 2. The lowest BCUT2D eigenvalue weighted by molar-refractivity contribution is -0.870. The number of hydrogen-bond acceptors (Lipinski definition) is 8. The lowest BCUT2D eigenvalue weighted by atomic mass is 10.1. The molecule has 0 bridgehead atoms. The van der Waals surface area contributed by atoms with Gasteiger partial charge in [0.25, 0.3) is 7.82 Å². The van der Waals surface area contributed by atoms with Crippen LogP contribution in [0.25, 0.3) is 0 Å². The first-order valence-electron chi connectivity index (χ1n) is 20.2. The lowest BCUT2D eigenvalue weighted by Crippen LogP contribution is -2.37. The van der Waals surface area contributed by atoms with Gasteiger partial charge in [-0.1, -0.05) is 115 Å². The van der Waals surface area contributed by atoms with Gasteiger partial charge in [-0.2, -0.15) is 0 Å². The smallest absolute Gasteiger partial charge is 0.306 e. The molecule has 2 atom stereocenters. The van der Waals surface area contributed by atoms with Crippen LogP contribution in [0.3, 0.4) is 0 Å². The third-order valence-electron chi connectivity index (χ3n) is 8.38. The van der Waals surface area contributed by atoms with E-state index in [1.54, 1.807) is 0 Å². The Labute approximate surface area is 312 Å². The summed E-state index contributed by atoms with van der Waals surface area (Å²) in [5, 5.41) is 0. The number of carbonyl (C=O) groups excluding carboxylic acids is 2. The maximum Gasteiger partial charge on any atom is 0.306 e. The molecule has 0 heterocycles. The molecule has 0 aliphatic carbocycles. The SMILES string of the molecule is CCCCC/C=C\C/C=C\CCCCCCCC(=O)OC[C@H](COP(=O)([O-])OCC[N+](C)(C)C)OC(=O)CCCCCCC/C=C\CCCCC. The number of hydrogen-bond donors (Lipinski definition) is 0. The van der Waals surface area contributed by atoms with Gasteiger partial charge in [-0.3, -0.25) is 14.2 Å². The van der Waals surface area contributed by atoms with E-state index in [4.69, 9.17) is 18.5 Å². The second kappa shape index (κ2) is 34.0. The van der Waals surface area contributed by atoms with Crippen LogP contribution in [-0.2, 0) is 32.7 Å². The summed E-state index contributed by atoms with van der Waals surface area (Å²) >= 11 is 0. The van der Waals surface area contributed by atoms with Gasteiger partial charge in [0.2, 0.25) is 0 Å². The Morgan fingerprint density at radius 2 is 1.06 bits per heavy atom. The quantitative estimate of drug-likeness (QED) is 0.0205. The van der Waals surface area contributed by atoms with Crippen molar-refractivity contribution in [2.24, 2.45) is 0 Å². The normalized spacial score (nSPS) is 14.1. The first-order valence-corrected chi connectivity index (χ1v) is 21.7. The number of carbonyl (C=O) groups is 2. The van der Waals surface area contributed by atoms with Gasteiger partial charge < -0.3 is 27.9 Å². The number of phosphoric acid groups is 1. The van der Waals surface area contributed by atoms with Gasteiger partial charge in [0.1, 0.15) is 19.8 Å². The maximum atomic E-state index is 12.6. The predicted molar refractivity (Wildman–Crippen MR) is 208 cm³/mol. The van der Waals surface area contributed by atoms with E-state index in [9.17, 15) is 19.0 Å². The number of likely N-dealkylation sites (N-methyl/N-ethyl adjacent to an activating group) is 1. The molecule has 0 saturated heterocycles. The summed E-state index contributed by atoms with van der Waals surface area (Å²) in [6, 6.07) is 0. The highest BCUT2D eigenvalue weighted by Gasteiger charge is 2.21. The van der Waals surface area contributed by atoms with Crippen molar-refractivity contribution in [3.63, 3.8) is 0 Å². The fourth-order valence-corrected chi connectivity index (χ4v) is 5.88. The van der Waals surface area contributed by atoms with Gasteiger partial charge in [0.05, 0.1) is 27.7 Å². The van der Waals surface area contributed by atoms with Gasteiger partial charge in [-0.25, -0.2) is 0 Å². The highest BCUT2D eigenvalue weighted by atomic mass is 31.2. The molecular weight excluding hydrogens is 665 g/mol. The van der Waals surface area contributed by atoms with Crippen LogP contribution in [-0.4, -0.2) is 70.0 Å². The maximum absolute atomic E-state index is 12.6. The zero-order valence-electron chi connectivity index (χ0n) is 33.3. The molecule has 0 N–H and O–H groups in total. The predicted octanol–water partition coefficient (Wildman–Crippen LogP) is 10.3. The first kappa shape index (κ1) is 49.2. The average molecular weight is 742 g/mol. The molecule has 9 nitrogen and oxygen atoms in total. The van der Waals surface area contributed by atoms with Crippen molar-refractivity contribution in [2.45, 2.75) is 168 Å². The molecule has 0 radical (unpaired) electrons. The largest absolute Gasteiger partial charge is 0.756 e. The summed E-state index contributed by atoms with van der Waals surface area (Å²) in [4.78, 5) is 37.4. The Bertz CT molecular complexity index is 975. The molecule has 0 aliphatic heterocycles. The Hall–Kier alpha value is -1.77. The van der Waals surface area contributed by atoms with Crippen molar-refractivity contribution < 1.29 is 42.1 Å². The molecule has 0 aromatic rings. The summed E-state index contributed by atoms with van der Waals surface area (Å²) in [6.45, 7) is 4.13. The van der Waals surface area contributed by atoms with E-state index in [0.29, 0.717) is 23.9 Å². The summed E-state index contributed by atoms with van der Waals surface area (Å²) in [5.41, 5.74) is 0. The van der Waals surface area contributed by atoms with Crippen molar-refractivity contribution in [3.8, 4) is 0 Å². The summed E-state index contributed by atoms with van der Waals surface area (Å²) in [7, 11) is 1.15. The molecule has 0 amide bonds. The van der Waals surface area contributed by atoms with E-state index in [-0.39, 0.29) is 26.1 Å². The minimum atomic E-state index is -4.62. The van der Waals surface area contributed by atoms with Crippen LogP contribution >= 0.6 is 7.82 Å². The molecule has 1 unspecified atom stereocenters. The minimum absolute atomic E-state index is 0.0352. The zero-order chi connectivity index (χ0) is 37.9. The van der Waals surface area contributed by atoms with E-state index in [0.717, 1.165) is 77.0 Å². The molecule has 0 aliphatic rings. The van der Waals surface area contributed by atoms with Crippen molar-refractivity contribution in [1.29, 1.82) is 0 Å². The topological polar surface area (TPSA) is 111 Å². The molecule has 0 rings (SSSR count). The van der Waals surface area contributed by atoms with Gasteiger partial charge >= 0.3 is 11.9 Å². The molecule has 0 spiro atoms. The average Bonchev–Trinajstić information content (AvgIpc) is 3.07. The fourth-order valence-electron chi connectivity index (χ4n) is 5.15. The van der Waals surface area contributed by atoms with E-state index in [1.165, 1.54) is 44.9 Å². The molecular formula is C41H76NO8P. The molecule has 51 heavy (non-hydrogen) atoms. The summed E-state index contributed by atoms with van der Waals surface area (Å²) < 4.78 is 33.8. The van der Waals surface area contributed by atoms with E-state index in [1.807, 2.05) is 21.1 Å². The van der Waals surface area contributed by atoms with Gasteiger partial charge in [-0.15, -0.1) is 0 Å². The lowest BCUT2D eigenvalue weighted by Gasteiger charge is -2.28. The molecule has 10 heteroatoms. The van der Waals surface area contributed by atoms with E-state index >= 15 is 0 Å². The zero-order valence-corrected chi connectivity index (χ0v) is 34.2. The van der Waals surface area contributed by atoms with Crippen LogP contribution in [0.15, 0.2) is 36.5 Å². The van der Waals surface area contributed by atoms with Gasteiger partial charge in [0, 0.05) is 12.8 Å². The Balaban J connectivity index is 4.44. The monoisotopic (exact) mass is 742 g/mol. The second-order valence-electron chi connectivity index (χ2n) is 14.6. The van der Waals surface area contributed by atoms with Crippen molar-refractivity contribution in [2.75, 3.05) is 47.5 Å². The number of esters is 2. The summed E-state index contributed by atoms with van der Waals surface area (Å²) in [6.07, 6.45) is 35.9. The third-order valence-corrected chi connectivity index (χ3v) is 9.35. The second-order valence-corrected chi connectivity index (χ2v) is 16.1. The van der Waals surface area contributed by atoms with Crippen molar-refractivity contribution in [1.82, 2.24) is 0 Å². The van der Waals surface area contributed by atoms with Crippen LogP contribution < -0.4 is 4.89 Å². The van der Waals surface area contributed by atoms with Crippen molar-refractivity contribution in [3.05, 3.63) is 36.5 Å². The van der Waals surface area contributed by atoms with Crippen LogP contribution in [0.5, 0.6) is 0 Å². The molecule has 0 aromatic heterocycles. The van der Waals surface area contributed by atoms with Gasteiger partial charge in [0.15, 0.2) is 6.10 Å². The fraction of sp³-hybridized carbons (Fsp3) is 0.805. The Kier molecular flexibility index (Phi) is 32.8. The van der Waals surface area contributed by atoms with Crippen LogP contribution in [0.1, 0.15) is 162 Å². The molecule has 0 aromatic carbocycles. The first-order chi connectivity index (χ1) is 24.5. The van der Waals surface area contributed by atoms with Gasteiger partial charge in [-0.05, 0) is 70.6 Å². The van der Waals surface area contributed by atoms with Crippen LogP contribution in [0.4, 0.5) is 0 Å². The number of rotatable bonds is 36. The molecule has 298 valence electrons. The third kappa shape index (κ3) is 37.8. The van der Waals surface area contributed by atoms with Crippen molar-refractivity contribution >= 4 is 19.8 Å². The molecule has 0 saturated carbocycles. The number of quaternary nitrogens is 1. The number of phosphoric ester groups is 1. The summed E-state index contributed by atoms with van der Waals surface area (Å²) in [5.74, 6) is -0.864. The highest BCUT2D eigenvalue weighted by molar-refractivity contribution is 7.45. The number of unbranched alkanes of at least 4 members (excludes halogenated alkanes) is 16. The number of allylic oxidation sites excluding steroid dienone is 6. The van der Waals surface area contributed by atoms with Crippen LogP contribution in [0.2, 0.25) is 0 Å². The van der Waals surface area contributed by atoms with E-state index < -0.39 is 32.5 Å². The standard InChI is InChI=1S/C41H76NO8P/c1-6-8-10-12-14-16-18-20-21-22-24-25-27-29-31-33-40(43)47-37-39(38-49-51(45,46)48-36-35-42(3,4)5)50-41(44)34-32-30-28-26-23-19-17-15-13-11-9-7-2/h14-17,20-21,39H,6-13,18-19,22-38H2,1-5H3/b16-14-,17-15-,21-20-/t39-/m1/s1. The number of nitrogens with zero attached hydrogens (tertiary/aromatic N) is 1. The highest BCUT2D eigenvalue weighted by Crippen LogP contribution is 2.38. The minimum Gasteiger partial charge on any atom is -0.756 e. The van der Waals surface area contributed by atoms with E-state index in [2.05, 4.69) is 50.3 Å².